The zero-order chi connectivity index (χ0) is 18.5. The lowest BCUT2D eigenvalue weighted by Gasteiger charge is -2.12. The van der Waals surface area contributed by atoms with Crippen molar-refractivity contribution in [2.75, 3.05) is 0 Å². The van der Waals surface area contributed by atoms with Crippen LogP contribution in [0.25, 0.3) is 10.8 Å². The van der Waals surface area contributed by atoms with Crippen molar-refractivity contribution >= 4 is 28.0 Å². The quantitative estimate of drug-likeness (QED) is 0.670. The van der Waals surface area contributed by atoms with Gasteiger partial charge in [-0.05, 0) is 37.1 Å². The van der Waals surface area contributed by atoms with Gasteiger partial charge in [0.2, 0.25) is 5.91 Å². The molecule has 0 aliphatic rings. The number of rotatable bonds is 7. The maximum absolute atomic E-state index is 12.5. The van der Waals surface area contributed by atoms with Crippen LogP contribution in [0.5, 0.6) is 0 Å². The van der Waals surface area contributed by atoms with Gasteiger partial charge >= 0.3 is 0 Å². The first kappa shape index (κ1) is 18.5. The zero-order valence-corrected chi connectivity index (χ0v) is 16.2. The average Bonchev–Trinajstić information content (AvgIpc) is 3.31. The minimum atomic E-state index is -1.34. The number of thiazole rings is 1. The van der Waals surface area contributed by atoms with Gasteiger partial charge in [-0.3, -0.25) is 9.00 Å². The van der Waals surface area contributed by atoms with Crippen molar-refractivity contribution in [3.05, 3.63) is 64.9 Å². The second-order valence-electron chi connectivity index (χ2n) is 5.93. The van der Waals surface area contributed by atoms with Crippen LogP contribution in [0.15, 0.2) is 52.5 Å². The fourth-order valence-electron chi connectivity index (χ4n) is 2.41. The van der Waals surface area contributed by atoms with Crippen LogP contribution in [0, 0.1) is 6.92 Å². The van der Waals surface area contributed by atoms with Crippen molar-refractivity contribution in [2.24, 2.45) is 0 Å². The Bertz CT molecular complexity index is 903. The first-order chi connectivity index (χ1) is 12.5. The van der Waals surface area contributed by atoms with E-state index in [1.165, 1.54) is 11.3 Å². The number of nitrogens with one attached hydrogen (secondary N) is 1. The number of amides is 1. The van der Waals surface area contributed by atoms with Crippen LogP contribution in [0.1, 0.15) is 23.7 Å². The number of hydrogen-bond donors (Lipinski definition) is 1. The van der Waals surface area contributed by atoms with Gasteiger partial charge in [0.1, 0.15) is 5.25 Å². The Labute approximate surface area is 158 Å². The third-order valence-electron chi connectivity index (χ3n) is 4.05. The molecule has 1 N–H and O–H groups in total. The molecular formula is C19H20N2O3S2. The largest absolute Gasteiger partial charge is 0.462 e. The first-order valence-corrected chi connectivity index (χ1v) is 10.5. The third-order valence-corrected chi connectivity index (χ3v) is 6.54. The van der Waals surface area contributed by atoms with E-state index in [9.17, 15) is 9.00 Å². The highest BCUT2D eigenvalue weighted by molar-refractivity contribution is 7.85. The fourth-order valence-corrected chi connectivity index (χ4v) is 4.31. The van der Waals surface area contributed by atoms with Gasteiger partial charge in [0.25, 0.3) is 0 Å². The standard InChI is InChI=1S/C19H20N2O3S2/c1-13-6-3-4-7-15(13)10-20-18(22)14(2)26(23)12-16-11-25-19(21-16)17-8-5-9-24-17/h3-9,11,14H,10,12H2,1-2H3,(H,20,22). The minimum Gasteiger partial charge on any atom is -0.462 e. The normalized spacial score (nSPS) is 13.3. The molecule has 26 heavy (non-hydrogen) atoms. The molecule has 7 heteroatoms. The Balaban J connectivity index is 1.55. The number of benzene rings is 1. The van der Waals surface area contributed by atoms with Crippen LogP contribution in [0.2, 0.25) is 0 Å². The van der Waals surface area contributed by atoms with Gasteiger partial charge in [0.05, 0.1) is 17.7 Å². The SMILES string of the molecule is Cc1ccccc1CNC(=O)C(C)S(=O)Cc1csc(-c2ccco2)n1. The van der Waals surface area contributed by atoms with E-state index in [-0.39, 0.29) is 11.7 Å². The summed E-state index contributed by atoms with van der Waals surface area (Å²) in [5, 5.41) is 4.87. The summed E-state index contributed by atoms with van der Waals surface area (Å²) < 4.78 is 17.8. The molecule has 0 aliphatic heterocycles. The van der Waals surface area contributed by atoms with E-state index in [1.54, 1.807) is 19.3 Å². The molecule has 2 heterocycles. The molecule has 136 valence electrons. The lowest BCUT2D eigenvalue weighted by molar-refractivity contribution is -0.120. The maximum Gasteiger partial charge on any atom is 0.235 e. The Morgan fingerprint density at radius 3 is 2.85 bits per heavy atom. The molecule has 0 spiro atoms. The van der Waals surface area contributed by atoms with Crippen LogP contribution in [0.4, 0.5) is 0 Å². The number of furan rings is 1. The maximum atomic E-state index is 12.5. The summed E-state index contributed by atoms with van der Waals surface area (Å²) in [5.41, 5.74) is 2.88. The summed E-state index contributed by atoms with van der Waals surface area (Å²) in [5.74, 6) is 0.722. The number of carbonyl (C=O) groups excluding carboxylic acids is 1. The second kappa shape index (κ2) is 8.42. The highest BCUT2D eigenvalue weighted by Crippen LogP contribution is 2.24. The summed E-state index contributed by atoms with van der Waals surface area (Å²) in [6.07, 6.45) is 1.59. The molecule has 5 nitrogen and oxygen atoms in total. The number of aromatic nitrogens is 1. The molecule has 0 aliphatic carbocycles. The molecule has 1 aromatic carbocycles. The smallest absolute Gasteiger partial charge is 0.235 e. The average molecular weight is 389 g/mol. The molecule has 0 radical (unpaired) electrons. The zero-order valence-electron chi connectivity index (χ0n) is 14.6. The second-order valence-corrected chi connectivity index (χ2v) is 8.55. The van der Waals surface area contributed by atoms with Gasteiger partial charge in [-0.25, -0.2) is 4.98 Å². The van der Waals surface area contributed by atoms with Crippen molar-refractivity contribution in [1.82, 2.24) is 10.3 Å². The monoisotopic (exact) mass is 388 g/mol. The van der Waals surface area contributed by atoms with Crippen LogP contribution in [0.3, 0.4) is 0 Å². The highest BCUT2D eigenvalue weighted by atomic mass is 32.2. The first-order valence-electron chi connectivity index (χ1n) is 8.22. The highest BCUT2D eigenvalue weighted by Gasteiger charge is 2.21. The van der Waals surface area contributed by atoms with Crippen molar-refractivity contribution < 1.29 is 13.4 Å². The van der Waals surface area contributed by atoms with Crippen molar-refractivity contribution in [1.29, 1.82) is 0 Å². The molecule has 3 rings (SSSR count). The van der Waals surface area contributed by atoms with Gasteiger partial charge in [-0.1, -0.05) is 24.3 Å². The van der Waals surface area contributed by atoms with Crippen LogP contribution in [-0.4, -0.2) is 20.3 Å². The number of hydrogen-bond acceptors (Lipinski definition) is 5. The molecule has 0 saturated heterocycles. The molecule has 2 unspecified atom stereocenters. The summed E-state index contributed by atoms with van der Waals surface area (Å²) in [6.45, 7) is 4.12. The molecule has 0 saturated carbocycles. The minimum absolute atomic E-state index is 0.215. The van der Waals surface area contributed by atoms with Crippen molar-refractivity contribution in [2.45, 2.75) is 31.4 Å². The predicted molar refractivity (Wildman–Crippen MR) is 104 cm³/mol. The Morgan fingerprint density at radius 1 is 1.31 bits per heavy atom. The van der Waals surface area contributed by atoms with E-state index in [0.29, 0.717) is 18.0 Å². The van der Waals surface area contributed by atoms with E-state index in [4.69, 9.17) is 4.42 Å². The third kappa shape index (κ3) is 4.47. The van der Waals surface area contributed by atoms with E-state index < -0.39 is 16.0 Å². The topological polar surface area (TPSA) is 72.2 Å². The summed E-state index contributed by atoms with van der Waals surface area (Å²) >= 11 is 1.44. The lowest BCUT2D eigenvalue weighted by Crippen LogP contribution is -2.35. The van der Waals surface area contributed by atoms with Gasteiger partial charge in [0.15, 0.2) is 10.8 Å². The van der Waals surface area contributed by atoms with E-state index in [2.05, 4.69) is 10.3 Å². The molecule has 1 amide bonds. The van der Waals surface area contributed by atoms with Crippen LogP contribution in [-0.2, 0) is 27.9 Å². The molecule has 2 aromatic heterocycles. The molecule has 2 atom stereocenters. The lowest BCUT2D eigenvalue weighted by atomic mass is 10.1. The number of aryl methyl sites for hydroxylation is 1. The summed E-state index contributed by atoms with van der Waals surface area (Å²) in [4.78, 5) is 16.8. The summed E-state index contributed by atoms with van der Waals surface area (Å²) in [7, 11) is -1.34. The van der Waals surface area contributed by atoms with Gasteiger partial charge in [0, 0.05) is 22.7 Å². The van der Waals surface area contributed by atoms with Gasteiger partial charge in [-0.2, -0.15) is 0 Å². The van der Waals surface area contributed by atoms with E-state index in [0.717, 1.165) is 16.1 Å². The number of nitrogens with zero attached hydrogens (tertiary/aromatic N) is 1. The van der Waals surface area contributed by atoms with E-state index in [1.807, 2.05) is 42.6 Å². The van der Waals surface area contributed by atoms with Crippen molar-refractivity contribution in [3.63, 3.8) is 0 Å². The van der Waals surface area contributed by atoms with E-state index >= 15 is 0 Å². The van der Waals surface area contributed by atoms with Gasteiger partial charge in [-0.15, -0.1) is 11.3 Å². The van der Waals surface area contributed by atoms with Gasteiger partial charge < -0.3 is 9.73 Å². The number of carbonyl (C=O) groups is 1. The molecule has 0 bridgehead atoms. The fraction of sp³-hybridized carbons (Fsp3) is 0.263. The summed E-state index contributed by atoms with van der Waals surface area (Å²) in [6, 6.07) is 11.5. The Hall–Kier alpha value is -2.25. The molecule has 0 fully saturated rings. The van der Waals surface area contributed by atoms with Crippen LogP contribution >= 0.6 is 11.3 Å². The predicted octanol–water partition coefficient (Wildman–Crippen LogP) is 3.67. The molecular weight excluding hydrogens is 368 g/mol. The molecule has 3 aromatic rings. The van der Waals surface area contributed by atoms with Crippen LogP contribution < -0.4 is 5.32 Å². The van der Waals surface area contributed by atoms with Crippen molar-refractivity contribution in [3.8, 4) is 10.8 Å². The Kier molecular flexibility index (Phi) is 6.00. The Morgan fingerprint density at radius 2 is 2.12 bits per heavy atom.